The molecule has 0 atom stereocenters. The summed E-state index contributed by atoms with van der Waals surface area (Å²) < 4.78 is 26.9. The Labute approximate surface area is 104 Å². The molecule has 0 aliphatic rings. The molecule has 1 N–H and O–H groups in total. The van der Waals surface area contributed by atoms with E-state index in [9.17, 15) is 8.78 Å². The van der Waals surface area contributed by atoms with Crippen LogP contribution < -0.4 is 0 Å². The Balaban J connectivity index is 2.46. The van der Waals surface area contributed by atoms with Crippen molar-refractivity contribution in [3.05, 3.63) is 59.7 Å². The van der Waals surface area contributed by atoms with Crippen molar-refractivity contribution in [2.24, 2.45) is 0 Å². The SMILES string of the molecule is CC=Cc1ccc(-c2ccc(O)c(F)c2F)cc1. The normalized spacial score (nSPS) is 11.1. The summed E-state index contributed by atoms with van der Waals surface area (Å²) in [6.45, 7) is 1.91. The first-order valence-electron chi connectivity index (χ1n) is 5.53. The zero-order chi connectivity index (χ0) is 13.1. The molecule has 18 heavy (non-hydrogen) atoms. The minimum Gasteiger partial charge on any atom is -0.505 e. The van der Waals surface area contributed by atoms with Crippen LogP contribution in [-0.4, -0.2) is 5.11 Å². The average molecular weight is 246 g/mol. The lowest BCUT2D eigenvalue weighted by Gasteiger charge is -2.06. The van der Waals surface area contributed by atoms with Gasteiger partial charge in [-0.15, -0.1) is 0 Å². The van der Waals surface area contributed by atoms with Crippen LogP contribution in [0.4, 0.5) is 8.78 Å². The number of hydrogen-bond acceptors (Lipinski definition) is 1. The van der Waals surface area contributed by atoms with Crippen molar-refractivity contribution >= 4 is 6.08 Å². The largest absolute Gasteiger partial charge is 0.505 e. The summed E-state index contributed by atoms with van der Waals surface area (Å²) in [4.78, 5) is 0. The molecule has 2 aromatic carbocycles. The van der Waals surface area contributed by atoms with E-state index in [1.165, 1.54) is 6.07 Å². The van der Waals surface area contributed by atoms with Gasteiger partial charge in [0.25, 0.3) is 0 Å². The van der Waals surface area contributed by atoms with Crippen molar-refractivity contribution in [2.75, 3.05) is 0 Å². The first kappa shape index (κ1) is 12.3. The maximum absolute atomic E-state index is 13.6. The molecule has 0 saturated heterocycles. The molecule has 0 heterocycles. The summed E-state index contributed by atoms with van der Waals surface area (Å²) in [7, 11) is 0. The standard InChI is InChI=1S/C15H12F2O/c1-2-3-10-4-6-11(7-5-10)12-8-9-13(18)15(17)14(12)16/h2-9,18H,1H3. The minimum atomic E-state index is -1.22. The first-order chi connectivity index (χ1) is 8.63. The Morgan fingerprint density at radius 1 is 0.944 bits per heavy atom. The second kappa shape index (κ2) is 5.00. The van der Waals surface area contributed by atoms with E-state index in [2.05, 4.69) is 0 Å². The van der Waals surface area contributed by atoms with E-state index in [0.717, 1.165) is 11.6 Å². The Morgan fingerprint density at radius 3 is 2.22 bits per heavy atom. The molecule has 0 fully saturated rings. The predicted octanol–water partition coefficient (Wildman–Crippen LogP) is 4.37. The summed E-state index contributed by atoms with van der Waals surface area (Å²) in [5.74, 6) is -2.93. The van der Waals surface area contributed by atoms with Gasteiger partial charge in [-0.3, -0.25) is 0 Å². The van der Waals surface area contributed by atoms with Gasteiger partial charge in [-0.25, -0.2) is 4.39 Å². The molecule has 0 bridgehead atoms. The molecule has 0 aliphatic heterocycles. The molecule has 1 nitrogen and oxygen atoms in total. The van der Waals surface area contributed by atoms with Gasteiger partial charge in [-0.05, 0) is 30.2 Å². The molecule has 0 spiro atoms. The Hall–Kier alpha value is -2.16. The highest BCUT2D eigenvalue weighted by Gasteiger charge is 2.13. The van der Waals surface area contributed by atoms with Crippen LogP contribution in [0.3, 0.4) is 0 Å². The number of rotatable bonds is 2. The van der Waals surface area contributed by atoms with E-state index in [4.69, 9.17) is 5.11 Å². The second-order valence-corrected chi connectivity index (χ2v) is 3.88. The summed E-state index contributed by atoms with van der Waals surface area (Å²) in [5, 5.41) is 9.06. The molecule has 2 rings (SSSR count). The van der Waals surface area contributed by atoms with E-state index in [1.807, 2.05) is 31.2 Å². The van der Waals surface area contributed by atoms with E-state index in [-0.39, 0.29) is 5.56 Å². The molecule has 92 valence electrons. The predicted molar refractivity (Wildman–Crippen MR) is 68.2 cm³/mol. The maximum Gasteiger partial charge on any atom is 0.200 e. The lowest BCUT2D eigenvalue weighted by molar-refractivity contribution is 0.408. The Kier molecular flexibility index (Phi) is 3.42. The molecular weight excluding hydrogens is 234 g/mol. The van der Waals surface area contributed by atoms with Crippen LogP contribution in [0.2, 0.25) is 0 Å². The third-order valence-electron chi connectivity index (χ3n) is 2.64. The van der Waals surface area contributed by atoms with Gasteiger partial charge in [0, 0.05) is 5.56 Å². The van der Waals surface area contributed by atoms with E-state index < -0.39 is 17.4 Å². The van der Waals surface area contributed by atoms with Gasteiger partial charge in [-0.2, -0.15) is 4.39 Å². The number of aromatic hydroxyl groups is 1. The fourth-order valence-electron chi connectivity index (χ4n) is 1.73. The molecule has 0 unspecified atom stereocenters. The first-order valence-corrected chi connectivity index (χ1v) is 5.53. The van der Waals surface area contributed by atoms with Crippen molar-refractivity contribution in [1.82, 2.24) is 0 Å². The fraction of sp³-hybridized carbons (Fsp3) is 0.0667. The molecule has 0 amide bonds. The Morgan fingerprint density at radius 2 is 1.61 bits per heavy atom. The third-order valence-corrected chi connectivity index (χ3v) is 2.64. The van der Waals surface area contributed by atoms with Crippen LogP contribution in [0.15, 0.2) is 42.5 Å². The van der Waals surface area contributed by atoms with Crippen molar-refractivity contribution < 1.29 is 13.9 Å². The van der Waals surface area contributed by atoms with Gasteiger partial charge in [0.15, 0.2) is 11.6 Å². The van der Waals surface area contributed by atoms with Gasteiger partial charge < -0.3 is 5.11 Å². The van der Waals surface area contributed by atoms with Gasteiger partial charge in [0.2, 0.25) is 5.82 Å². The summed E-state index contributed by atoms with van der Waals surface area (Å²) >= 11 is 0. The molecular formula is C15H12F2O. The highest BCUT2D eigenvalue weighted by molar-refractivity contribution is 5.67. The monoisotopic (exact) mass is 246 g/mol. The van der Waals surface area contributed by atoms with Crippen LogP contribution in [-0.2, 0) is 0 Å². The summed E-state index contributed by atoms with van der Waals surface area (Å²) in [5.41, 5.74) is 1.69. The third kappa shape index (κ3) is 2.25. The molecule has 0 aliphatic carbocycles. The van der Waals surface area contributed by atoms with Gasteiger partial charge in [0.1, 0.15) is 0 Å². The number of hydrogen-bond donors (Lipinski definition) is 1. The van der Waals surface area contributed by atoms with E-state index >= 15 is 0 Å². The van der Waals surface area contributed by atoms with Gasteiger partial charge in [-0.1, -0.05) is 36.4 Å². The maximum atomic E-state index is 13.6. The number of phenolic OH excluding ortho intramolecular Hbond substituents is 1. The molecule has 0 saturated carbocycles. The number of halogens is 2. The van der Waals surface area contributed by atoms with Crippen LogP contribution >= 0.6 is 0 Å². The number of benzene rings is 2. The highest BCUT2D eigenvalue weighted by atomic mass is 19.2. The summed E-state index contributed by atoms with van der Waals surface area (Å²) in [6, 6.07) is 9.57. The zero-order valence-electron chi connectivity index (χ0n) is 9.82. The highest BCUT2D eigenvalue weighted by Crippen LogP contribution is 2.29. The smallest absolute Gasteiger partial charge is 0.200 e. The average Bonchev–Trinajstić information content (AvgIpc) is 2.38. The topological polar surface area (TPSA) is 20.2 Å². The van der Waals surface area contributed by atoms with E-state index in [1.54, 1.807) is 12.1 Å². The second-order valence-electron chi connectivity index (χ2n) is 3.88. The Bertz CT molecular complexity index is 586. The molecule has 0 radical (unpaired) electrons. The number of phenols is 1. The van der Waals surface area contributed by atoms with Gasteiger partial charge >= 0.3 is 0 Å². The van der Waals surface area contributed by atoms with Crippen LogP contribution in [0, 0.1) is 11.6 Å². The quantitative estimate of drug-likeness (QED) is 0.834. The number of allylic oxidation sites excluding steroid dienone is 1. The summed E-state index contributed by atoms with van der Waals surface area (Å²) in [6.07, 6.45) is 3.81. The van der Waals surface area contributed by atoms with Crippen LogP contribution in [0.1, 0.15) is 12.5 Å². The fourth-order valence-corrected chi connectivity index (χ4v) is 1.73. The molecule has 3 heteroatoms. The molecule has 2 aromatic rings. The lowest BCUT2D eigenvalue weighted by Crippen LogP contribution is -1.90. The van der Waals surface area contributed by atoms with Crippen molar-refractivity contribution in [1.29, 1.82) is 0 Å². The molecule has 0 aromatic heterocycles. The van der Waals surface area contributed by atoms with Gasteiger partial charge in [0.05, 0.1) is 0 Å². The van der Waals surface area contributed by atoms with Crippen molar-refractivity contribution in [2.45, 2.75) is 6.92 Å². The lowest BCUT2D eigenvalue weighted by atomic mass is 10.0. The van der Waals surface area contributed by atoms with Crippen LogP contribution in [0.25, 0.3) is 17.2 Å². The van der Waals surface area contributed by atoms with E-state index in [0.29, 0.717) is 5.56 Å². The van der Waals surface area contributed by atoms with Crippen molar-refractivity contribution in [3.63, 3.8) is 0 Å². The minimum absolute atomic E-state index is 0.136. The zero-order valence-corrected chi connectivity index (χ0v) is 9.82. The van der Waals surface area contributed by atoms with Crippen LogP contribution in [0.5, 0.6) is 5.75 Å². The van der Waals surface area contributed by atoms with Crippen molar-refractivity contribution in [3.8, 4) is 16.9 Å².